The van der Waals surface area contributed by atoms with E-state index in [-0.39, 0.29) is 0 Å². The third-order valence-electron chi connectivity index (χ3n) is 2.03. The van der Waals surface area contributed by atoms with Gasteiger partial charge in [0.2, 0.25) is 0 Å². The van der Waals surface area contributed by atoms with E-state index < -0.39 is 0 Å². The largest absolute Gasteiger partial charge is 0.384 e. The molecule has 3 rings (SSSR count). The van der Waals surface area contributed by atoms with Gasteiger partial charge in [-0.25, -0.2) is 4.98 Å². The van der Waals surface area contributed by atoms with Crippen molar-refractivity contribution in [2.24, 2.45) is 0 Å². The highest BCUT2D eigenvalue weighted by Gasteiger charge is 1.91. The summed E-state index contributed by atoms with van der Waals surface area (Å²) in [5.41, 5.74) is 6.46. The normalized spacial score (nSPS) is 9.50. The molecule has 0 fully saturated rings. The monoisotopic (exact) mass is 212 g/mol. The second-order valence-corrected chi connectivity index (χ2v) is 3.20. The summed E-state index contributed by atoms with van der Waals surface area (Å²) in [6.07, 6.45) is 3.46. The molecule has 2 aromatic heterocycles. The quantitative estimate of drug-likeness (QED) is 0.600. The Morgan fingerprint density at radius 3 is 2.56 bits per heavy atom. The number of anilines is 1. The number of aromatic nitrogens is 3. The van der Waals surface area contributed by atoms with Crippen molar-refractivity contribution in [3.63, 3.8) is 0 Å². The number of aromatic amines is 1. The SMILES string of the molecule is Nc1ccc2ccccc2n1.c1cn[nH]c1. The second-order valence-electron chi connectivity index (χ2n) is 3.20. The maximum atomic E-state index is 5.51. The second kappa shape index (κ2) is 4.93. The first-order valence-electron chi connectivity index (χ1n) is 4.91. The van der Waals surface area contributed by atoms with E-state index >= 15 is 0 Å². The van der Waals surface area contributed by atoms with Gasteiger partial charge in [-0.15, -0.1) is 0 Å². The highest BCUT2D eigenvalue weighted by atomic mass is 15.1. The summed E-state index contributed by atoms with van der Waals surface area (Å²) in [4.78, 5) is 4.15. The number of hydrogen-bond donors (Lipinski definition) is 2. The molecule has 0 amide bonds. The van der Waals surface area contributed by atoms with Gasteiger partial charge in [-0.05, 0) is 24.3 Å². The minimum atomic E-state index is 0.573. The topological polar surface area (TPSA) is 67.6 Å². The molecule has 4 nitrogen and oxygen atoms in total. The van der Waals surface area contributed by atoms with Crippen molar-refractivity contribution in [1.29, 1.82) is 0 Å². The Hall–Kier alpha value is -2.36. The van der Waals surface area contributed by atoms with Gasteiger partial charge in [0.05, 0.1) is 5.52 Å². The molecular weight excluding hydrogens is 200 g/mol. The Morgan fingerprint density at radius 1 is 1.00 bits per heavy atom. The van der Waals surface area contributed by atoms with Crippen LogP contribution in [0.5, 0.6) is 0 Å². The van der Waals surface area contributed by atoms with Crippen LogP contribution >= 0.6 is 0 Å². The zero-order valence-corrected chi connectivity index (χ0v) is 8.67. The number of nitrogen functional groups attached to an aromatic ring is 1. The predicted molar refractivity (Wildman–Crippen MR) is 64.7 cm³/mol. The molecule has 0 atom stereocenters. The minimum Gasteiger partial charge on any atom is -0.384 e. The summed E-state index contributed by atoms with van der Waals surface area (Å²) in [6.45, 7) is 0. The van der Waals surface area contributed by atoms with Crippen LogP contribution in [0.4, 0.5) is 5.82 Å². The van der Waals surface area contributed by atoms with Crippen molar-refractivity contribution >= 4 is 16.7 Å². The molecule has 0 saturated heterocycles. The zero-order chi connectivity index (χ0) is 11.2. The van der Waals surface area contributed by atoms with Gasteiger partial charge < -0.3 is 5.73 Å². The van der Waals surface area contributed by atoms with Crippen molar-refractivity contribution in [2.75, 3.05) is 5.73 Å². The van der Waals surface area contributed by atoms with Crippen LogP contribution < -0.4 is 5.73 Å². The molecule has 0 aliphatic rings. The first-order valence-corrected chi connectivity index (χ1v) is 4.91. The average molecular weight is 212 g/mol. The number of para-hydroxylation sites is 1. The molecule has 4 heteroatoms. The molecule has 0 unspecified atom stereocenters. The van der Waals surface area contributed by atoms with E-state index in [1.807, 2.05) is 42.5 Å². The van der Waals surface area contributed by atoms with Crippen LogP contribution in [0.25, 0.3) is 10.9 Å². The first kappa shape index (κ1) is 10.2. The van der Waals surface area contributed by atoms with Crippen LogP contribution in [0.3, 0.4) is 0 Å². The molecule has 0 spiro atoms. The fraction of sp³-hybridized carbons (Fsp3) is 0. The Balaban J connectivity index is 0.000000162. The smallest absolute Gasteiger partial charge is 0.124 e. The summed E-state index contributed by atoms with van der Waals surface area (Å²) < 4.78 is 0. The molecule has 1 aromatic carbocycles. The van der Waals surface area contributed by atoms with Gasteiger partial charge in [0, 0.05) is 17.8 Å². The molecule has 16 heavy (non-hydrogen) atoms. The number of nitrogens with two attached hydrogens (primary N) is 1. The van der Waals surface area contributed by atoms with Crippen LogP contribution in [0.15, 0.2) is 54.9 Å². The number of pyridine rings is 1. The number of nitrogens with zero attached hydrogens (tertiary/aromatic N) is 2. The van der Waals surface area contributed by atoms with E-state index in [1.54, 1.807) is 12.4 Å². The van der Waals surface area contributed by atoms with Gasteiger partial charge >= 0.3 is 0 Å². The third kappa shape index (κ3) is 2.57. The van der Waals surface area contributed by atoms with Crippen molar-refractivity contribution in [3.05, 3.63) is 54.9 Å². The van der Waals surface area contributed by atoms with E-state index in [0.717, 1.165) is 10.9 Å². The molecule has 0 aliphatic heterocycles. The first-order chi connectivity index (χ1) is 7.86. The van der Waals surface area contributed by atoms with Gasteiger partial charge in [-0.2, -0.15) is 5.10 Å². The van der Waals surface area contributed by atoms with Crippen molar-refractivity contribution in [2.45, 2.75) is 0 Å². The number of rotatable bonds is 0. The van der Waals surface area contributed by atoms with Gasteiger partial charge in [0.15, 0.2) is 0 Å². The number of fused-ring (bicyclic) bond motifs is 1. The number of hydrogen-bond acceptors (Lipinski definition) is 3. The molecule has 0 aliphatic carbocycles. The molecule has 2 heterocycles. The van der Waals surface area contributed by atoms with Crippen LogP contribution in [0.2, 0.25) is 0 Å². The molecule has 3 N–H and O–H groups in total. The number of nitrogens with one attached hydrogen (secondary N) is 1. The van der Waals surface area contributed by atoms with Crippen LogP contribution in [-0.4, -0.2) is 15.2 Å². The van der Waals surface area contributed by atoms with Gasteiger partial charge in [-0.1, -0.05) is 18.2 Å². The fourth-order valence-electron chi connectivity index (χ4n) is 1.30. The summed E-state index contributed by atoms with van der Waals surface area (Å²) in [5.74, 6) is 0.573. The average Bonchev–Trinajstić information content (AvgIpc) is 2.87. The lowest BCUT2D eigenvalue weighted by Crippen LogP contribution is -1.88. The van der Waals surface area contributed by atoms with Gasteiger partial charge in [0.25, 0.3) is 0 Å². The maximum Gasteiger partial charge on any atom is 0.124 e. The summed E-state index contributed by atoms with van der Waals surface area (Å²) in [7, 11) is 0. The summed E-state index contributed by atoms with van der Waals surface area (Å²) in [6, 6.07) is 13.5. The molecule has 0 bridgehead atoms. The van der Waals surface area contributed by atoms with Crippen LogP contribution in [0.1, 0.15) is 0 Å². The number of H-pyrrole nitrogens is 1. The molecule has 0 saturated carbocycles. The Morgan fingerprint density at radius 2 is 1.88 bits per heavy atom. The van der Waals surface area contributed by atoms with E-state index in [9.17, 15) is 0 Å². The van der Waals surface area contributed by atoms with E-state index in [0.29, 0.717) is 5.82 Å². The lowest BCUT2D eigenvalue weighted by molar-refractivity contribution is 1.09. The molecular formula is C12H12N4. The summed E-state index contributed by atoms with van der Waals surface area (Å²) in [5, 5.41) is 7.33. The van der Waals surface area contributed by atoms with E-state index in [4.69, 9.17) is 5.73 Å². The minimum absolute atomic E-state index is 0.573. The van der Waals surface area contributed by atoms with Crippen molar-refractivity contribution in [1.82, 2.24) is 15.2 Å². The molecule has 0 radical (unpaired) electrons. The van der Waals surface area contributed by atoms with Gasteiger partial charge in [-0.3, -0.25) is 5.10 Å². The van der Waals surface area contributed by atoms with Crippen molar-refractivity contribution < 1.29 is 0 Å². The summed E-state index contributed by atoms with van der Waals surface area (Å²) >= 11 is 0. The zero-order valence-electron chi connectivity index (χ0n) is 8.67. The highest BCUT2D eigenvalue weighted by molar-refractivity contribution is 5.79. The maximum absolute atomic E-state index is 5.51. The Bertz CT molecular complexity index is 529. The van der Waals surface area contributed by atoms with Crippen LogP contribution in [-0.2, 0) is 0 Å². The third-order valence-corrected chi connectivity index (χ3v) is 2.03. The standard InChI is InChI=1S/C9H8N2.C3H4N2/c10-9-6-5-7-3-1-2-4-8(7)11-9;1-2-4-5-3-1/h1-6H,(H2,10,11);1-3H,(H,4,5). The lowest BCUT2D eigenvalue weighted by Gasteiger charge is -1.95. The highest BCUT2D eigenvalue weighted by Crippen LogP contribution is 2.11. The Kier molecular flexibility index (Phi) is 3.13. The molecule has 80 valence electrons. The molecule has 3 aromatic rings. The van der Waals surface area contributed by atoms with E-state index in [2.05, 4.69) is 15.2 Å². The number of benzene rings is 1. The van der Waals surface area contributed by atoms with Gasteiger partial charge in [0.1, 0.15) is 5.82 Å². The van der Waals surface area contributed by atoms with Crippen molar-refractivity contribution in [3.8, 4) is 0 Å². The van der Waals surface area contributed by atoms with Crippen LogP contribution in [0, 0.1) is 0 Å². The Labute approximate surface area is 93.1 Å². The fourth-order valence-corrected chi connectivity index (χ4v) is 1.30. The lowest BCUT2D eigenvalue weighted by atomic mass is 10.2. The van der Waals surface area contributed by atoms with E-state index in [1.165, 1.54) is 0 Å². The predicted octanol–water partition coefficient (Wildman–Crippen LogP) is 2.23.